The predicted octanol–water partition coefficient (Wildman–Crippen LogP) is 7.11. The Bertz CT molecular complexity index is 1400. The van der Waals surface area contributed by atoms with Crippen LogP contribution in [0.25, 0.3) is 11.3 Å². The summed E-state index contributed by atoms with van der Waals surface area (Å²) in [4.78, 5) is 20.7. The minimum absolute atomic E-state index is 0.0426. The van der Waals surface area contributed by atoms with Crippen molar-refractivity contribution in [1.82, 2.24) is 14.5 Å². The smallest absolute Gasteiger partial charge is 0.330 e. The summed E-state index contributed by atoms with van der Waals surface area (Å²) in [6.07, 6.45) is -1.93. The number of alkyl halides is 3. The molecule has 0 aliphatic carbocycles. The van der Waals surface area contributed by atoms with Gasteiger partial charge in [-0.2, -0.15) is 13.2 Å². The van der Waals surface area contributed by atoms with Crippen LogP contribution in [0.15, 0.2) is 85.1 Å². The van der Waals surface area contributed by atoms with Crippen molar-refractivity contribution in [2.45, 2.75) is 46.0 Å². The lowest BCUT2D eigenvalue weighted by Gasteiger charge is -2.34. The number of nitrogens with zero attached hydrogens (tertiary/aromatic N) is 3. The summed E-state index contributed by atoms with van der Waals surface area (Å²) in [6, 6.07) is 22.1. The third kappa shape index (κ3) is 6.80. The summed E-state index contributed by atoms with van der Waals surface area (Å²) in [5.41, 5.74) is 9.21. The van der Waals surface area contributed by atoms with Crippen LogP contribution in [0.2, 0.25) is 0 Å². The molecule has 0 aliphatic rings. The van der Waals surface area contributed by atoms with Gasteiger partial charge in [0.2, 0.25) is 0 Å². The predicted molar refractivity (Wildman–Crippen MR) is 152 cm³/mol. The van der Waals surface area contributed by atoms with Crippen LogP contribution in [0.1, 0.15) is 59.2 Å². The highest BCUT2D eigenvalue weighted by molar-refractivity contribution is 5.94. The fourth-order valence-electron chi connectivity index (χ4n) is 4.83. The van der Waals surface area contributed by atoms with Gasteiger partial charge < -0.3 is 15.2 Å². The normalized spacial score (nSPS) is 12.5. The lowest BCUT2D eigenvalue weighted by molar-refractivity contribution is -0.137. The largest absolute Gasteiger partial charge is 0.416 e. The van der Waals surface area contributed by atoms with E-state index >= 15 is 0 Å². The molecule has 4 rings (SSSR count). The molecule has 40 heavy (non-hydrogen) atoms. The van der Waals surface area contributed by atoms with E-state index in [0.717, 1.165) is 34.5 Å². The molecule has 1 atom stereocenters. The average molecular weight is 549 g/mol. The van der Waals surface area contributed by atoms with E-state index in [2.05, 4.69) is 4.57 Å². The first-order valence-electron chi connectivity index (χ1n) is 13.4. The van der Waals surface area contributed by atoms with Gasteiger partial charge in [0.25, 0.3) is 5.91 Å². The van der Waals surface area contributed by atoms with Gasteiger partial charge in [0, 0.05) is 30.4 Å². The summed E-state index contributed by atoms with van der Waals surface area (Å²) in [7, 11) is 0. The van der Waals surface area contributed by atoms with Crippen molar-refractivity contribution in [3.05, 3.63) is 113 Å². The van der Waals surface area contributed by atoms with E-state index in [0.29, 0.717) is 31.9 Å². The van der Waals surface area contributed by atoms with Crippen LogP contribution in [0.5, 0.6) is 0 Å². The Labute approximate surface area is 233 Å². The molecule has 1 amide bonds. The average Bonchev–Trinajstić information content (AvgIpc) is 3.33. The zero-order valence-electron chi connectivity index (χ0n) is 23.0. The van der Waals surface area contributed by atoms with E-state index in [9.17, 15) is 18.0 Å². The SMILES string of the molecule is Cc1ccc(-c2cn(Cc3ccccc3)c(C(C(C)C)N(CCCN)C(=O)c3ccc(C(F)(F)F)cc3)n2)cc1. The molecule has 0 saturated carbocycles. The zero-order valence-corrected chi connectivity index (χ0v) is 23.0. The molecule has 0 radical (unpaired) electrons. The molecule has 3 aromatic carbocycles. The van der Waals surface area contributed by atoms with E-state index in [4.69, 9.17) is 10.7 Å². The van der Waals surface area contributed by atoms with Crippen molar-refractivity contribution < 1.29 is 18.0 Å². The summed E-state index contributed by atoms with van der Waals surface area (Å²) in [5, 5.41) is 0. The van der Waals surface area contributed by atoms with Crippen LogP contribution in [0.3, 0.4) is 0 Å². The lowest BCUT2D eigenvalue weighted by Crippen LogP contribution is -2.40. The quantitative estimate of drug-likeness (QED) is 0.230. The number of nitrogens with two attached hydrogens (primary N) is 1. The van der Waals surface area contributed by atoms with Crippen LogP contribution < -0.4 is 5.73 Å². The van der Waals surface area contributed by atoms with Crippen molar-refractivity contribution in [2.75, 3.05) is 13.1 Å². The highest BCUT2D eigenvalue weighted by atomic mass is 19.4. The third-order valence-corrected chi connectivity index (χ3v) is 6.91. The molecule has 2 N–H and O–H groups in total. The fourth-order valence-corrected chi connectivity index (χ4v) is 4.83. The minimum atomic E-state index is -4.48. The first kappa shape index (κ1) is 29.1. The monoisotopic (exact) mass is 548 g/mol. The van der Waals surface area contributed by atoms with E-state index in [-0.39, 0.29) is 17.4 Å². The summed E-state index contributed by atoms with van der Waals surface area (Å²) in [6.45, 7) is 7.34. The van der Waals surface area contributed by atoms with Crippen LogP contribution in [-0.4, -0.2) is 33.4 Å². The number of benzene rings is 3. The Morgan fingerprint density at radius 3 is 2.20 bits per heavy atom. The van der Waals surface area contributed by atoms with Gasteiger partial charge >= 0.3 is 6.18 Å². The Morgan fingerprint density at radius 2 is 1.62 bits per heavy atom. The van der Waals surface area contributed by atoms with Gasteiger partial charge in [0.05, 0.1) is 17.3 Å². The van der Waals surface area contributed by atoms with E-state index < -0.39 is 17.8 Å². The standard InChI is InChI=1S/C32H35F3N4O/c1-22(2)29(39(19-7-18-36)31(40)26-14-16-27(17-15-26)32(33,34)35)30-37-28(25-12-10-23(3)11-13-25)21-38(30)20-24-8-5-4-6-9-24/h4-6,8-17,21-22,29H,7,18-20,36H2,1-3H3. The fraction of sp³-hybridized carbons (Fsp3) is 0.312. The van der Waals surface area contributed by atoms with Gasteiger partial charge in [0.15, 0.2) is 0 Å². The minimum Gasteiger partial charge on any atom is -0.330 e. The third-order valence-electron chi connectivity index (χ3n) is 6.91. The Kier molecular flexibility index (Phi) is 9.10. The molecule has 1 heterocycles. The second-order valence-corrected chi connectivity index (χ2v) is 10.4. The van der Waals surface area contributed by atoms with E-state index in [1.165, 1.54) is 12.1 Å². The van der Waals surface area contributed by atoms with Gasteiger partial charge in [-0.3, -0.25) is 4.79 Å². The number of rotatable bonds is 10. The highest BCUT2D eigenvalue weighted by Gasteiger charge is 2.34. The number of carbonyl (C=O) groups is 1. The first-order chi connectivity index (χ1) is 19.1. The lowest BCUT2D eigenvalue weighted by atomic mass is 9.99. The molecule has 0 saturated heterocycles. The topological polar surface area (TPSA) is 64.2 Å². The van der Waals surface area contributed by atoms with Crippen LogP contribution in [0.4, 0.5) is 13.2 Å². The number of hydrogen-bond acceptors (Lipinski definition) is 3. The highest BCUT2D eigenvalue weighted by Crippen LogP contribution is 2.34. The van der Waals surface area contributed by atoms with Crippen molar-refractivity contribution in [3.63, 3.8) is 0 Å². The number of halogens is 3. The molecular formula is C32H35F3N4O. The van der Waals surface area contributed by atoms with Crippen LogP contribution >= 0.6 is 0 Å². The molecule has 4 aromatic rings. The van der Waals surface area contributed by atoms with Crippen LogP contribution in [-0.2, 0) is 12.7 Å². The molecule has 0 fully saturated rings. The second kappa shape index (κ2) is 12.5. The molecule has 8 heteroatoms. The summed E-state index contributed by atoms with van der Waals surface area (Å²) in [5.74, 6) is 0.317. The number of hydrogen-bond donors (Lipinski definition) is 1. The maximum atomic E-state index is 13.9. The van der Waals surface area contributed by atoms with Gasteiger partial charge in [-0.25, -0.2) is 4.98 Å². The number of imidazole rings is 1. The number of aryl methyl sites for hydroxylation is 1. The molecular weight excluding hydrogens is 513 g/mol. The molecule has 5 nitrogen and oxygen atoms in total. The Morgan fingerprint density at radius 1 is 0.975 bits per heavy atom. The number of carbonyl (C=O) groups excluding carboxylic acids is 1. The molecule has 0 spiro atoms. The van der Waals surface area contributed by atoms with Gasteiger partial charge in [0.1, 0.15) is 5.82 Å². The van der Waals surface area contributed by atoms with Crippen LogP contribution in [0, 0.1) is 12.8 Å². The van der Waals surface area contributed by atoms with Crippen molar-refractivity contribution >= 4 is 5.91 Å². The van der Waals surface area contributed by atoms with Gasteiger partial charge in [-0.05, 0) is 55.6 Å². The zero-order chi connectivity index (χ0) is 28.9. The summed E-state index contributed by atoms with van der Waals surface area (Å²) >= 11 is 0. The molecule has 1 unspecified atom stereocenters. The Hall–Kier alpha value is -3.91. The van der Waals surface area contributed by atoms with Gasteiger partial charge in [-0.1, -0.05) is 74.0 Å². The van der Waals surface area contributed by atoms with Crippen molar-refractivity contribution in [2.24, 2.45) is 11.7 Å². The molecule has 0 aliphatic heterocycles. The molecule has 210 valence electrons. The van der Waals surface area contributed by atoms with E-state index in [1.807, 2.05) is 81.6 Å². The molecule has 1 aromatic heterocycles. The van der Waals surface area contributed by atoms with E-state index in [1.54, 1.807) is 4.90 Å². The maximum absolute atomic E-state index is 13.9. The van der Waals surface area contributed by atoms with Crippen molar-refractivity contribution in [1.29, 1.82) is 0 Å². The Balaban J connectivity index is 1.80. The van der Waals surface area contributed by atoms with Gasteiger partial charge in [-0.15, -0.1) is 0 Å². The first-order valence-corrected chi connectivity index (χ1v) is 13.4. The molecule has 0 bridgehead atoms. The number of aromatic nitrogens is 2. The number of amides is 1. The second-order valence-electron chi connectivity index (χ2n) is 10.4. The maximum Gasteiger partial charge on any atom is 0.416 e. The summed E-state index contributed by atoms with van der Waals surface area (Å²) < 4.78 is 41.6. The van der Waals surface area contributed by atoms with Crippen molar-refractivity contribution in [3.8, 4) is 11.3 Å².